The largest absolute Gasteiger partial charge is 0.497 e. The quantitative estimate of drug-likeness (QED) is 0.909. The summed E-state index contributed by atoms with van der Waals surface area (Å²) >= 11 is 0. The Kier molecular flexibility index (Phi) is 4.66. The number of H-pyrrole nitrogens is 1. The van der Waals surface area contributed by atoms with Crippen molar-refractivity contribution in [3.8, 4) is 5.75 Å². The molecule has 1 N–H and O–H groups in total. The van der Waals surface area contributed by atoms with Crippen molar-refractivity contribution in [2.75, 3.05) is 39.8 Å². The third-order valence-corrected chi connectivity index (χ3v) is 5.81. The summed E-state index contributed by atoms with van der Waals surface area (Å²) in [6, 6.07) is 6.25. The van der Waals surface area contributed by atoms with Crippen LogP contribution in [0.5, 0.6) is 5.75 Å². The second-order valence-corrected chi connectivity index (χ2v) is 7.26. The smallest absolute Gasteiger partial charge is 0.222 e. The number of aromatic nitrogens is 1. The number of rotatable bonds is 5. The summed E-state index contributed by atoms with van der Waals surface area (Å²) in [6.07, 6.45) is 6.31. The van der Waals surface area contributed by atoms with Crippen molar-refractivity contribution in [3.05, 3.63) is 30.0 Å². The minimum Gasteiger partial charge on any atom is -0.497 e. The number of amides is 1. The van der Waals surface area contributed by atoms with E-state index in [9.17, 15) is 4.79 Å². The summed E-state index contributed by atoms with van der Waals surface area (Å²) in [4.78, 5) is 19.7. The Morgan fingerprint density at radius 3 is 2.76 bits per heavy atom. The first-order valence-corrected chi connectivity index (χ1v) is 9.40. The monoisotopic (exact) mass is 341 g/mol. The molecule has 2 aromatic rings. The van der Waals surface area contributed by atoms with Gasteiger partial charge in [-0.1, -0.05) is 0 Å². The highest BCUT2D eigenvalue weighted by atomic mass is 16.5. The minimum atomic E-state index is 0.336. The molecule has 0 saturated carbocycles. The number of carbonyl (C=O) groups is 1. The fraction of sp³-hybridized carbons (Fsp3) is 0.550. The average molecular weight is 341 g/mol. The van der Waals surface area contributed by atoms with E-state index in [1.165, 1.54) is 29.3 Å². The Labute approximate surface area is 148 Å². The van der Waals surface area contributed by atoms with Crippen LogP contribution >= 0.6 is 0 Å². The fourth-order valence-corrected chi connectivity index (χ4v) is 4.26. The second kappa shape index (κ2) is 7.08. The van der Waals surface area contributed by atoms with Gasteiger partial charge in [-0.05, 0) is 62.0 Å². The van der Waals surface area contributed by atoms with Crippen molar-refractivity contribution in [2.24, 2.45) is 0 Å². The number of ether oxygens (including phenoxy) is 1. The predicted molar refractivity (Wildman–Crippen MR) is 99.1 cm³/mol. The van der Waals surface area contributed by atoms with Crippen molar-refractivity contribution in [2.45, 2.75) is 31.6 Å². The number of likely N-dealkylation sites (tertiary alicyclic amines) is 2. The van der Waals surface area contributed by atoms with Crippen LogP contribution in [0.15, 0.2) is 24.4 Å². The van der Waals surface area contributed by atoms with E-state index in [2.05, 4.69) is 28.2 Å². The van der Waals surface area contributed by atoms with Gasteiger partial charge < -0.3 is 19.5 Å². The van der Waals surface area contributed by atoms with E-state index in [0.717, 1.165) is 51.3 Å². The van der Waals surface area contributed by atoms with Crippen LogP contribution in [0.2, 0.25) is 0 Å². The number of nitrogens with zero attached hydrogens (tertiary/aromatic N) is 2. The Hall–Kier alpha value is -2.01. The molecule has 3 heterocycles. The summed E-state index contributed by atoms with van der Waals surface area (Å²) in [7, 11) is 1.72. The number of methoxy groups -OCH3 is 1. The van der Waals surface area contributed by atoms with E-state index in [-0.39, 0.29) is 0 Å². The third-order valence-electron chi connectivity index (χ3n) is 5.81. The summed E-state index contributed by atoms with van der Waals surface area (Å²) < 4.78 is 5.39. The third kappa shape index (κ3) is 3.38. The van der Waals surface area contributed by atoms with Gasteiger partial charge in [0.1, 0.15) is 5.75 Å². The molecule has 2 aliphatic heterocycles. The molecular weight excluding hydrogens is 314 g/mol. The van der Waals surface area contributed by atoms with Crippen molar-refractivity contribution >= 4 is 16.8 Å². The molecule has 1 aromatic carbocycles. The molecule has 2 saturated heterocycles. The lowest BCUT2D eigenvalue weighted by molar-refractivity contribution is -0.127. The molecule has 4 rings (SSSR count). The van der Waals surface area contributed by atoms with Gasteiger partial charge in [-0.25, -0.2) is 0 Å². The summed E-state index contributed by atoms with van der Waals surface area (Å²) in [5.74, 6) is 1.86. The van der Waals surface area contributed by atoms with Gasteiger partial charge in [-0.15, -0.1) is 0 Å². The first-order chi connectivity index (χ1) is 12.2. The van der Waals surface area contributed by atoms with E-state index >= 15 is 0 Å². The van der Waals surface area contributed by atoms with Crippen LogP contribution in [-0.4, -0.2) is 60.5 Å². The number of hydrogen-bond acceptors (Lipinski definition) is 3. The van der Waals surface area contributed by atoms with Gasteiger partial charge in [0.15, 0.2) is 0 Å². The number of hydrogen-bond donors (Lipinski definition) is 1. The molecule has 0 bridgehead atoms. The van der Waals surface area contributed by atoms with Crippen molar-refractivity contribution in [3.63, 3.8) is 0 Å². The van der Waals surface area contributed by atoms with E-state index in [1.54, 1.807) is 7.11 Å². The molecule has 1 aromatic heterocycles. The van der Waals surface area contributed by atoms with Gasteiger partial charge in [0, 0.05) is 43.2 Å². The molecule has 5 heteroatoms. The van der Waals surface area contributed by atoms with Crippen LogP contribution in [0, 0.1) is 0 Å². The van der Waals surface area contributed by atoms with Crippen molar-refractivity contribution in [1.29, 1.82) is 0 Å². The lowest BCUT2D eigenvalue weighted by atomic mass is 9.89. The van der Waals surface area contributed by atoms with Gasteiger partial charge in [0.05, 0.1) is 7.11 Å². The van der Waals surface area contributed by atoms with Crippen LogP contribution in [0.4, 0.5) is 0 Å². The molecule has 5 nitrogen and oxygen atoms in total. The Bertz CT molecular complexity index is 746. The number of benzene rings is 1. The zero-order valence-electron chi connectivity index (χ0n) is 15.0. The zero-order valence-corrected chi connectivity index (χ0v) is 15.0. The predicted octanol–water partition coefficient (Wildman–Crippen LogP) is 2.98. The molecule has 134 valence electrons. The van der Waals surface area contributed by atoms with Crippen molar-refractivity contribution < 1.29 is 9.53 Å². The highest BCUT2D eigenvalue weighted by molar-refractivity contribution is 5.85. The zero-order chi connectivity index (χ0) is 17.2. The van der Waals surface area contributed by atoms with Crippen LogP contribution in [0.1, 0.15) is 37.2 Å². The molecule has 2 aliphatic rings. The second-order valence-electron chi connectivity index (χ2n) is 7.26. The van der Waals surface area contributed by atoms with E-state index < -0.39 is 0 Å². The van der Waals surface area contributed by atoms with Gasteiger partial charge in [0.25, 0.3) is 0 Å². The number of nitrogens with one attached hydrogen (secondary N) is 1. The number of fused-ring (bicyclic) bond motifs is 1. The van der Waals surface area contributed by atoms with Crippen LogP contribution in [0.25, 0.3) is 10.9 Å². The SMILES string of the molecule is COc1ccc2[nH]cc(C3CCN(CCN4CCCC4=O)CC3)c2c1. The highest BCUT2D eigenvalue weighted by Gasteiger charge is 2.25. The van der Waals surface area contributed by atoms with Crippen LogP contribution < -0.4 is 4.74 Å². The molecule has 0 unspecified atom stereocenters. The Morgan fingerprint density at radius 2 is 2.04 bits per heavy atom. The van der Waals surface area contributed by atoms with Gasteiger partial charge in [-0.2, -0.15) is 0 Å². The van der Waals surface area contributed by atoms with Crippen molar-refractivity contribution in [1.82, 2.24) is 14.8 Å². The van der Waals surface area contributed by atoms with Gasteiger partial charge in [-0.3, -0.25) is 4.79 Å². The lowest BCUT2D eigenvalue weighted by Gasteiger charge is -2.33. The number of aromatic amines is 1. The summed E-state index contributed by atoms with van der Waals surface area (Å²) in [5.41, 5.74) is 2.61. The fourth-order valence-electron chi connectivity index (χ4n) is 4.26. The van der Waals surface area contributed by atoms with Crippen LogP contribution in [0.3, 0.4) is 0 Å². The maximum Gasteiger partial charge on any atom is 0.222 e. The molecule has 0 aliphatic carbocycles. The minimum absolute atomic E-state index is 0.336. The Balaban J connectivity index is 1.36. The molecule has 25 heavy (non-hydrogen) atoms. The standard InChI is InChI=1S/C20H27N3O2/c1-25-16-4-5-19-17(13-16)18(14-21-19)15-6-9-22(10-7-15)11-12-23-8-2-3-20(23)24/h4-5,13-15,21H,2-3,6-12H2,1H3. The molecule has 1 amide bonds. The van der Waals surface area contributed by atoms with Gasteiger partial charge >= 0.3 is 0 Å². The highest BCUT2D eigenvalue weighted by Crippen LogP contribution is 2.34. The maximum atomic E-state index is 11.7. The normalized spacial score (nSPS) is 19.9. The van der Waals surface area contributed by atoms with E-state index in [0.29, 0.717) is 11.8 Å². The molecule has 0 atom stereocenters. The first-order valence-electron chi connectivity index (χ1n) is 9.40. The first kappa shape index (κ1) is 16.5. The molecule has 0 spiro atoms. The molecular formula is C20H27N3O2. The number of carbonyl (C=O) groups excluding carboxylic acids is 1. The Morgan fingerprint density at radius 1 is 1.20 bits per heavy atom. The lowest BCUT2D eigenvalue weighted by Crippen LogP contribution is -2.39. The van der Waals surface area contributed by atoms with Crippen LogP contribution in [-0.2, 0) is 4.79 Å². The maximum absolute atomic E-state index is 11.7. The van der Waals surface area contributed by atoms with E-state index in [4.69, 9.17) is 4.74 Å². The topological polar surface area (TPSA) is 48.6 Å². The van der Waals surface area contributed by atoms with E-state index in [1.807, 2.05) is 11.0 Å². The number of piperidine rings is 1. The molecule has 2 fully saturated rings. The average Bonchev–Trinajstić information content (AvgIpc) is 3.26. The van der Waals surface area contributed by atoms with Gasteiger partial charge in [0.2, 0.25) is 5.91 Å². The summed E-state index contributed by atoms with van der Waals surface area (Å²) in [6.45, 7) is 5.09. The summed E-state index contributed by atoms with van der Waals surface area (Å²) in [5, 5.41) is 1.29. The molecule has 0 radical (unpaired) electrons.